The number of rotatable bonds is 6. The summed E-state index contributed by atoms with van der Waals surface area (Å²) in [7, 11) is 0. The molecule has 8 heteroatoms. The number of aliphatic imine (C=N–C) groups is 2. The van der Waals surface area contributed by atoms with E-state index in [-0.39, 0.29) is 34.6 Å². The van der Waals surface area contributed by atoms with Crippen molar-refractivity contribution in [3.05, 3.63) is 12.2 Å². The number of carbonyl (C=O) groups is 2. The highest BCUT2D eigenvalue weighted by Crippen LogP contribution is 2.32. The van der Waals surface area contributed by atoms with E-state index in [9.17, 15) is 9.59 Å². The molecule has 6 nitrogen and oxygen atoms in total. The number of amides is 2. The average Bonchev–Trinajstić information content (AvgIpc) is 3.38. The number of thioether (sulfide) groups is 1. The van der Waals surface area contributed by atoms with Gasteiger partial charge in [0.25, 0.3) is 5.91 Å². The van der Waals surface area contributed by atoms with Crippen molar-refractivity contribution in [2.75, 3.05) is 12.3 Å². The van der Waals surface area contributed by atoms with Crippen LogP contribution in [-0.4, -0.2) is 46.5 Å². The summed E-state index contributed by atoms with van der Waals surface area (Å²) in [5.41, 5.74) is 0.179. The van der Waals surface area contributed by atoms with Crippen LogP contribution >= 0.6 is 23.4 Å². The highest BCUT2D eigenvalue weighted by Gasteiger charge is 2.30. The lowest BCUT2D eigenvalue weighted by Gasteiger charge is -2.25. The summed E-state index contributed by atoms with van der Waals surface area (Å²) < 4.78 is 0. The van der Waals surface area contributed by atoms with Gasteiger partial charge < -0.3 is 10.6 Å². The van der Waals surface area contributed by atoms with Gasteiger partial charge in [0, 0.05) is 18.7 Å². The van der Waals surface area contributed by atoms with Gasteiger partial charge in [-0.3, -0.25) is 19.6 Å². The summed E-state index contributed by atoms with van der Waals surface area (Å²) in [5, 5.41) is 6.35. The Labute approximate surface area is 158 Å². The second-order valence-electron chi connectivity index (χ2n) is 6.68. The van der Waals surface area contributed by atoms with Crippen LogP contribution in [0.2, 0.25) is 0 Å². The lowest BCUT2D eigenvalue weighted by molar-refractivity contribution is -0.118. The summed E-state index contributed by atoms with van der Waals surface area (Å²) in [5.74, 6) is 1.29. The molecule has 138 valence electrons. The predicted octanol–water partition coefficient (Wildman–Crippen LogP) is 2.34. The molecule has 0 aromatic rings. The average molecular weight is 385 g/mol. The first kappa shape index (κ1) is 20.0. The molecule has 3 atom stereocenters. The van der Waals surface area contributed by atoms with Crippen molar-refractivity contribution in [3.63, 3.8) is 0 Å². The molecule has 2 rings (SSSR count). The minimum atomic E-state index is -0.275. The van der Waals surface area contributed by atoms with Crippen LogP contribution in [0.25, 0.3) is 0 Å². The van der Waals surface area contributed by atoms with Crippen LogP contribution in [0.15, 0.2) is 22.1 Å². The van der Waals surface area contributed by atoms with Gasteiger partial charge in [0.1, 0.15) is 5.17 Å². The number of halogens is 1. The summed E-state index contributed by atoms with van der Waals surface area (Å²) in [6.07, 6.45) is 2.31. The maximum atomic E-state index is 12.2. The van der Waals surface area contributed by atoms with Gasteiger partial charge in [-0.05, 0) is 31.6 Å². The van der Waals surface area contributed by atoms with Crippen molar-refractivity contribution in [1.82, 2.24) is 10.6 Å². The van der Waals surface area contributed by atoms with Gasteiger partial charge in [0.15, 0.2) is 5.17 Å². The normalized spacial score (nSPS) is 25.0. The fourth-order valence-electron chi connectivity index (χ4n) is 2.45. The second kappa shape index (κ2) is 8.85. The predicted molar refractivity (Wildman–Crippen MR) is 104 cm³/mol. The molecular weight excluding hydrogens is 360 g/mol. The van der Waals surface area contributed by atoms with Crippen molar-refractivity contribution in [3.8, 4) is 0 Å². The molecule has 25 heavy (non-hydrogen) atoms. The summed E-state index contributed by atoms with van der Waals surface area (Å²) >= 11 is 7.68. The molecule has 2 N–H and O–H groups in total. The molecule has 0 aromatic carbocycles. The van der Waals surface area contributed by atoms with Crippen LogP contribution in [0.1, 0.15) is 33.6 Å². The smallest absolute Gasteiger partial charge is 0.253 e. The van der Waals surface area contributed by atoms with E-state index >= 15 is 0 Å². The van der Waals surface area contributed by atoms with Crippen molar-refractivity contribution in [1.29, 1.82) is 0 Å². The van der Waals surface area contributed by atoms with E-state index in [1.54, 1.807) is 0 Å². The molecule has 0 saturated heterocycles. The first-order valence-electron chi connectivity index (χ1n) is 8.46. The minimum absolute atomic E-state index is 0.0851. The minimum Gasteiger partial charge on any atom is -0.349 e. The Morgan fingerprint density at radius 2 is 2.16 bits per heavy atom. The number of nitrogens with one attached hydrogen (secondary N) is 2. The van der Waals surface area contributed by atoms with Gasteiger partial charge in [0.05, 0.1) is 18.2 Å². The molecular formula is C17H25ClN4O2S. The molecule has 0 aromatic heterocycles. The topological polar surface area (TPSA) is 82.9 Å². The monoisotopic (exact) mass is 384 g/mol. The van der Waals surface area contributed by atoms with Crippen molar-refractivity contribution < 1.29 is 9.59 Å². The molecule has 1 unspecified atom stereocenters. The molecule has 1 fully saturated rings. The third-order valence-electron chi connectivity index (χ3n) is 4.33. The molecule has 1 aliphatic heterocycles. The number of hydrogen-bond donors (Lipinski definition) is 2. The number of nitrogens with zero attached hydrogens (tertiary/aromatic N) is 2. The second-order valence-corrected chi connectivity index (χ2v) is 8.05. The van der Waals surface area contributed by atoms with E-state index < -0.39 is 0 Å². The SMILES string of the molecule is C=C(C(=O)N[C@@H](C)C1CC1)/C(Cl)=N\C[C@@H]1N=C(NC(C)=O)SCC1C. The Hall–Kier alpha value is -1.34. The Morgan fingerprint density at radius 1 is 1.48 bits per heavy atom. The Kier molecular flexibility index (Phi) is 7.07. The van der Waals surface area contributed by atoms with Gasteiger partial charge in [0.2, 0.25) is 5.91 Å². The van der Waals surface area contributed by atoms with Crippen LogP contribution in [0.3, 0.4) is 0 Å². The largest absolute Gasteiger partial charge is 0.349 e. The Balaban J connectivity index is 1.92. The van der Waals surface area contributed by atoms with E-state index in [2.05, 4.69) is 34.1 Å². The van der Waals surface area contributed by atoms with Crippen molar-refractivity contribution in [2.24, 2.45) is 21.8 Å². The molecule has 0 bridgehead atoms. The van der Waals surface area contributed by atoms with Crippen LogP contribution in [0.4, 0.5) is 0 Å². The lowest BCUT2D eigenvalue weighted by Crippen LogP contribution is -2.36. The van der Waals surface area contributed by atoms with Gasteiger partial charge in [-0.25, -0.2) is 0 Å². The van der Waals surface area contributed by atoms with Gasteiger partial charge in [-0.15, -0.1) is 0 Å². The van der Waals surface area contributed by atoms with E-state index in [1.165, 1.54) is 18.7 Å². The summed E-state index contributed by atoms with van der Waals surface area (Å²) in [6, 6.07) is 0.0482. The van der Waals surface area contributed by atoms with Gasteiger partial charge in [-0.2, -0.15) is 0 Å². The first-order chi connectivity index (χ1) is 11.8. The number of amidine groups is 1. The molecule has 2 amide bonds. The number of hydrogen-bond acceptors (Lipinski definition) is 5. The zero-order valence-electron chi connectivity index (χ0n) is 14.8. The van der Waals surface area contributed by atoms with E-state index in [1.807, 2.05) is 6.92 Å². The number of carbonyl (C=O) groups excluding carboxylic acids is 2. The Morgan fingerprint density at radius 3 is 2.76 bits per heavy atom. The molecule has 0 radical (unpaired) electrons. The van der Waals surface area contributed by atoms with E-state index in [0.717, 1.165) is 18.6 Å². The first-order valence-corrected chi connectivity index (χ1v) is 9.82. The third kappa shape index (κ3) is 6.15. The molecule has 1 aliphatic carbocycles. The van der Waals surface area contributed by atoms with Crippen molar-refractivity contribution >= 4 is 45.5 Å². The maximum Gasteiger partial charge on any atom is 0.253 e. The fourth-order valence-corrected chi connectivity index (χ4v) is 3.67. The highest BCUT2D eigenvalue weighted by atomic mass is 35.5. The molecule has 1 saturated carbocycles. The van der Waals surface area contributed by atoms with Crippen LogP contribution in [0, 0.1) is 11.8 Å². The van der Waals surface area contributed by atoms with E-state index in [0.29, 0.717) is 23.5 Å². The van der Waals surface area contributed by atoms with Gasteiger partial charge >= 0.3 is 0 Å². The molecule has 1 heterocycles. The quantitative estimate of drug-likeness (QED) is 0.544. The maximum absolute atomic E-state index is 12.2. The summed E-state index contributed by atoms with van der Waals surface area (Å²) in [6.45, 7) is 9.63. The van der Waals surface area contributed by atoms with Crippen LogP contribution < -0.4 is 10.6 Å². The Bertz CT molecular complexity index is 616. The molecule has 0 spiro atoms. The van der Waals surface area contributed by atoms with E-state index in [4.69, 9.17) is 11.6 Å². The zero-order valence-corrected chi connectivity index (χ0v) is 16.4. The van der Waals surface area contributed by atoms with Gasteiger partial charge in [-0.1, -0.05) is 36.9 Å². The standard InChI is InChI=1S/C17H25ClN4O2S/c1-9-8-25-17(21-12(4)23)22-14(9)7-19-15(18)10(2)16(24)20-11(3)13-5-6-13/h9,11,13-14H,2,5-8H2,1,3-4H3,(H,20,24)(H,21,22,23)/b19-15+/t9?,11-,14-/m0/s1. The highest BCUT2D eigenvalue weighted by molar-refractivity contribution is 8.13. The van der Waals surface area contributed by atoms with Crippen molar-refractivity contribution in [2.45, 2.75) is 45.7 Å². The fraction of sp³-hybridized carbons (Fsp3) is 0.647. The molecule has 2 aliphatic rings. The summed E-state index contributed by atoms with van der Waals surface area (Å²) in [4.78, 5) is 32.1. The third-order valence-corrected chi connectivity index (χ3v) is 5.85. The zero-order chi connectivity index (χ0) is 18.6. The van der Waals surface area contributed by atoms with Crippen LogP contribution in [-0.2, 0) is 9.59 Å². The lowest BCUT2D eigenvalue weighted by atomic mass is 10.1. The van der Waals surface area contributed by atoms with Crippen LogP contribution in [0.5, 0.6) is 0 Å².